The number of fused-ring (bicyclic) bond motifs is 1. The van der Waals surface area contributed by atoms with Gasteiger partial charge in [0.25, 0.3) is 5.91 Å². The highest BCUT2D eigenvalue weighted by molar-refractivity contribution is 5.95. The van der Waals surface area contributed by atoms with Crippen molar-refractivity contribution < 1.29 is 4.79 Å². The van der Waals surface area contributed by atoms with Crippen LogP contribution in [0.25, 0.3) is 21.9 Å². The molecule has 32 heavy (non-hydrogen) atoms. The summed E-state index contributed by atoms with van der Waals surface area (Å²) in [4.78, 5) is 14.9. The summed E-state index contributed by atoms with van der Waals surface area (Å²) in [7, 11) is 4.16. The number of nitrogens with one attached hydrogen (secondary N) is 1. The average Bonchev–Trinajstić information content (AvgIpc) is 2.82. The lowest BCUT2D eigenvalue weighted by molar-refractivity contribution is 0.0949. The highest BCUT2D eigenvalue weighted by atomic mass is 16.1. The third-order valence-corrected chi connectivity index (χ3v) is 6.02. The Balaban J connectivity index is 1.38. The summed E-state index contributed by atoms with van der Waals surface area (Å²) >= 11 is 0. The van der Waals surface area contributed by atoms with Crippen LogP contribution in [0, 0.1) is 6.92 Å². The van der Waals surface area contributed by atoms with E-state index in [9.17, 15) is 4.79 Å². The molecule has 0 bridgehead atoms. The maximum atomic E-state index is 12.7. The van der Waals surface area contributed by atoms with Crippen LogP contribution < -0.4 is 5.32 Å². The zero-order chi connectivity index (χ0) is 22.5. The minimum Gasteiger partial charge on any atom is -0.352 e. The van der Waals surface area contributed by atoms with E-state index in [0.717, 1.165) is 17.5 Å². The van der Waals surface area contributed by atoms with Crippen molar-refractivity contribution in [3.63, 3.8) is 0 Å². The van der Waals surface area contributed by atoms with E-state index in [-0.39, 0.29) is 11.9 Å². The fraction of sp³-hybridized carbons (Fsp3) is 0.207. The molecule has 3 nitrogen and oxygen atoms in total. The normalized spacial score (nSPS) is 12.1. The highest BCUT2D eigenvalue weighted by Crippen LogP contribution is 2.25. The Bertz CT molecular complexity index is 1190. The Hall–Kier alpha value is -3.43. The summed E-state index contributed by atoms with van der Waals surface area (Å²) in [6.45, 7) is 2.72. The summed E-state index contributed by atoms with van der Waals surface area (Å²) in [5.41, 5.74) is 5.48. The molecule has 0 saturated heterocycles. The summed E-state index contributed by atoms with van der Waals surface area (Å²) in [6, 6.07) is 31.6. The van der Waals surface area contributed by atoms with E-state index < -0.39 is 0 Å². The Kier molecular flexibility index (Phi) is 6.67. The number of hydrogen-bond donors (Lipinski definition) is 1. The van der Waals surface area contributed by atoms with Gasteiger partial charge in [0.15, 0.2) is 0 Å². The zero-order valence-electron chi connectivity index (χ0n) is 19.0. The van der Waals surface area contributed by atoms with Crippen LogP contribution in [-0.2, 0) is 0 Å². The van der Waals surface area contributed by atoms with E-state index >= 15 is 0 Å². The smallest absolute Gasteiger partial charge is 0.251 e. The first kappa shape index (κ1) is 21.8. The predicted octanol–water partition coefficient (Wildman–Crippen LogP) is 6.24. The van der Waals surface area contributed by atoms with Gasteiger partial charge in [0.05, 0.1) is 0 Å². The standard InChI is InChI=1S/C29H30N2O/c1-21-8-10-24(11-9-21)28(31(2)3)18-19-30-29(32)25-15-12-23(13-16-25)27-17-14-22-6-4-5-7-26(22)20-27/h4-17,20,28H,18-19H2,1-3H3,(H,30,32). The first-order valence-electron chi connectivity index (χ1n) is 11.1. The highest BCUT2D eigenvalue weighted by Gasteiger charge is 2.14. The molecule has 0 fully saturated rings. The third kappa shape index (κ3) is 5.06. The van der Waals surface area contributed by atoms with Crippen LogP contribution in [-0.4, -0.2) is 31.4 Å². The number of rotatable bonds is 7. The summed E-state index contributed by atoms with van der Waals surface area (Å²) in [5, 5.41) is 5.53. The van der Waals surface area contributed by atoms with Crippen molar-refractivity contribution >= 4 is 16.7 Å². The third-order valence-electron chi connectivity index (χ3n) is 6.02. The van der Waals surface area contributed by atoms with Gasteiger partial charge in [-0.2, -0.15) is 0 Å². The maximum absolute atomic E-state index is 12.7. The molecular weight excluding hydrogens is 392 g/mol. The van der Waals surface area contributed by atoms with Gasteiger partial charge >= 0.3 is 0 Å². The molecule has 162 valence electrons. The number of carbonyl (C=O) groups is 1. The van der Waals surface area contributed by atoms with Gasteiger partial charge in [-0.15, -0.1) is 0 Å². The van der Waals surface area contributed by atoms with Crippen molar-refractivity contribution in [2.75, 3.05) is 20.6 Å². The molecule has 0 radical (unpaired) electrons. The minimum absolute atomic E-state index is 0.0310. The Labute approximate surface area is 190 Å². The van der Waals surface area contributed by atoms with E-state index in [1.54, 1.807) is 0 Å². The average molecular weight is 423 g/mol. The van der Waals surface area contributed by atoms with E-state index in [4.69, 9.17) is 0 Å². The first-order chi connectivity index (χ1) is 15.5. The SMILES string of the molecule is Cc1ccc(C(CCNC(=O)c2ccc(-c3ccc4ccccc4c3)cc2)N(C)C)cc1. The second kappa shape index (κ2) is 9.80. The monoisotopic (exact) mass is 422 g/mol. The molecule has 0 aromatic heterocycles. The van der Waals surface area contributed by atoms with Crippen molar-refractivity contribution in [3.05, 3.63) is 108 Å². The molecular formula is C29H30N2O. The molecule has 0 aliphatic heterocycles. The molecule has 4 rings (SSSR count). The molecule has 3 heteroatoms. The van der Waals surface area contributed by atoms with E-state index in [1.807, 2.05) is 24.3 Å². The van der Waals surface area contributed by atoms with Crippen LogP contribution in [0.3, 0.4) is 0 Å². The van der Waals surface area contributed by atoms with E-state index in [0.29, 0.717) is 12.1 Å². The van der Waals surface area contributed by atoms with Gasteiger partial charge in [0.2, 0.25) is 0 Å². The predicted molar refractivity (Wildman–Crippen MR) is 134 cm³/mol. The largest absolute Gasteiger partial charge is 0.352 e. The van der Waals surface area contributed by atoms with Gasteiger partial charge in [-0.05, 0) is 73.1 Å². The Morgan fingerprint density at radius 3 is 2.16 bits per heavy atom. The van der Waals surface area contributed by atoms with Crippen LogP contribution in [0.4, 0.5) is 0 Å². The molecule has 4 aromatic rings. The van der Waals surface area contributed by atoms with Crippen LogP contribution in [0.5, 0.6) is 0 Å². The number of amides is 1. The Morgan fingerprint density at radius 2 is 1.47 bits per heavy atom. The lowest BCUT2D eigenvalue weighted by atomic mass is 10.00. The minimum atomic E-state index is -0.0310. The lowest BCUT2D eigenvalue weighted by Crippen LogP contribution is -2.29. The van der Waals surface area contributed by atoms with Crippen molar-refractivity contribution in [2.45, 2.75) is 19.4 Å². The number of nitrogens with zero attached hydrogens (tertiary/aromatic N) is 1. The molecule has 1 atom stereocenters. The van der Waals surface area contributed by atoms with Gasteiger partial charge in [0.1, 0.15) is 0 Å². The van der Waals surface area contributed by atoms with Crippen LogP contribution in [0.15, 0.2) is 91.0 Å². The van der Waals surface area contributed by atoms with Crippen molar-refractivity contribution in [1.82, 2.24) is 10.2 Å². The number of benzene rings is 4. The quantitative estimate of drug-likeness (QED) is 0.382. The van der Waals surface area contributed by atoms with E-state index in [2.05, 4.69) is 98.0 Å². The first-order valence-corrected chi connectivity index (χ1v) is 11.1. The fourth-order valence-electron chi connectivity index (χ4n) is 4.12. The van der Waals surface area contributed by atoms with Crippen molar-refractivity contribution in [1.29, 1.82) is 0 Å². The summed E-state index contributed by atoms with van der Waals surface area (Å²) in [6.07, 6.45) is 0.858. The fourth-order valence-corrected chi connectivity index (χ4v) is 4.12. The number of hydrogen-bond acceptors (Lipinski definition) is 2. The van der Waals surface area contributed by atoms with Gasteiger partial charge < -0.3 is 10.2 Å². The van der Waals surface area contributed by atoms with Crippen LogP contribution in [0.2, 0.25) is 0 Å². The molecule has 0 aliphatic rings. The van der Waals surface area contributed by atoms with Gasteiger partial charge in [-0.1, -0.05) is 78.4 Å². The molecule has 1 unspecified atom stereocenters. The van der Waals surface area contributed by atoms with Crippen LogP contribution >= 0.6 is 0 Å². The van der Waals surface area contributed by atoms with Gasteiger partial charge in [-0.25, -0.2) is 0 Å². The maximum Gasteiger partial charge on any atom is 0.251 e. The van der Waals surface area contributed by atoms with Gasteiger partial charge in [-0.3, -0.25) is 4.79 Å². The number of aryl methyl sites for hydroxylation is 1. The van der Waals surface area contributed by atoms with Gasteiger partial charge in [0, 0.05) is 18.2 Å². The molecule has 1 amide bonds. The zero-order valence-corrected chi connectivity index (χ0v) is 19.0. The number of carbonyl (C=O) groups excluding carboxylic acids is 1. The van der Waals surface area contributed by atoms with Crippen LogP contribution in [0.1, 0.15) is 33.9 Å². The molecule has 1 N–H and O–H groups in total. The summed E-state index contributed by atoms with van der Waals surface area (Å²) in [5.74, 6) is -0.0310. The lowest BCUT2D eigenvalue weighted by Gasteiger charge is -2.25. The van der Waals surface area contributed by atoms with Crippen molar-refractivity contribution in [3.8, 4) is 11.1 Å². The Morgan fingerprint density at radius 1 is 0.812 bits per heavy atom. The summed E-state index contributed by atoms with van der Waals surface area (Å²) < 4.78 is 0. The topological polar surface area (TPSA) is 32.3 Å². The molecule has 0 saturated carbocycles. The molecule has 4 aromatic carbocycles. The molecule has 0 heterocycles. The second-order valence-corrected chi connectivity index (χ2v) is 8.57. The van der Waals surface area contributed by atoms with E-state index in [1.165, 1.54) is 21.9 Å². The molecule has 0 spiro atoms. The van der Waals surface area contributed by atoms with Crippen molar-refractivity contribution in [2.24, 2.45) is 0 Å². The molecule has 0 aliphatic carbocycles. The second-order valence-electron chi connectivity index (χ2n) is 8.57.